The Balaban J connectivity index is 2.17. The van der Waals surface area contributed by atoms with E-state index >= 15 is 0 Å². The summed E-state index contributed by atoms with van der Waals surface area (Å²) in [5.74, 6) is 0.973. The smallest absolute Gasteiger partial charge is 0.129 e. The molecule has 4 heteroatoms. The van der Waals surface area contributed by atoms with E-state index in [9.17, 15) is 4.39 Å². The zero-order valence-corrected chi connectivity index (χ0v) is 13.5. The van der Waals surface area contributed by atoms with Crippen molar-refractivity contribution in [2.45, 2.75) is 44.8 Å². The molecule has 1 aromatic rings. The molecule has 0 amide bonds. The summed E-state index contributed by atoms with van der Waals surface area (Å²) in [5, 5.41) is 3.43. The normalized spacial score (nSPS) is 16.2. The molecule has 1 fully saturated rings. The molecule has 1 N–H and O–H groups in total. The van der Waals surface area contributed by atoms with Crippen LogP contribution >= 0.6 is 11.8 Å². The third-order valence-electron chi connectivity index (χ3n) is 4.00. The summed E-state index contributed by atoms with van der Waals surface area (Å²) in [6.45, 7) is 2.82. The van der Waals surface area contributed by atoms with E-state index in [2.05, 4.69) is 30.4 Å². The molecule has 0 aliphatic heterocycles. The Morgan fingerprint density at radius 1 is 1.45 bits per heavy atom. The highest BCUT2D eigenvalue weighted by Crippen LogP contribution is 2.27. The van der Waals surface area contributed by atoms with Crippen molar-refractivity contribution in [3.8, 4) is 0 Å². The van der Waals surface area contributed by atoms with Crippen LogP contribution in [-0.4, -0.2) is 31.1 Å². The molecule has 112 valence electrons. The van der Waals surface area contributed by atoms with Gasteiger partial charge >= 0.3 is 0 Å². The van der Waals surface area contributed by atoms with Gasteiger partial charge in [-0.25, -0.2) is 4.39 Å². The van der Waals surface area contributed by atoms with Crippen LogP contribution in [-0.2, 0) is 6.54 Å². The number of benzene rings is 1. The van der Waals surface area contributed by atoms with E-state index < -0.39 is 0 Å². The quantitative estimate of drug-likeness (QED) is 0.788. The van der Waals surface area contributed by atoms with Crippen molar-refractivity contribution in [1.82, 2.24) is 5.32 Å². The van der Waals surface area contributed by atoms with Gasteiger partial charge in [0.2, 0.25) is 0 Å². The topological polar surface area (TPSA) is 15.3 Å². The van der Waals surface area contributed by atoms with Gasteiger partial charge in [-0.15, -0.1) is 0 Å². The molecule has 1 aliphatic carbocycles. The maximum absolute atomic E-state index is 14.2. The molecule has 1 unspecified atom stereocenters. The van der Waals surface area contributed by atoms with Gasteiger partial charge in [-0.3, -0.25) is 0 Å². The van der Waals surface area contributed by atoms with Crippen molar-refractivity contribution in [3.05, 3.63) is 29.6 Å². The van der Waals surface area contributed by atoms with Gasteiger partial charge in [-0.05, 0) is 37.7 Å². The molecule has 0 aromatic heterocycles. The number of hydrogen-bond acceptors (Lipinski definition) is 3. The van der Waals surface area contributed by atoms with Gasteiger partial charge in [-0.1, -0.05) is 13.0 Å². The van der Waals surface area contributed by atoms with Crippen LogP contribution in [0.3, 0.4) is 0 Å². The highest BCUT2D eigenvalue weighted by atomic mass is 32.2. The second kappa shape index (κ2) is 7.32. The Bertz CT molecular complexity index is 434. The Labute approximate surface area is 126 Å². The number of hydrogen-bond donors (Lipinski definition) is 1. The average molecular weight is 296 g/mol. The first-order chi connectivity index (χ1) is 9.67. The molecule has 0 spiro atoms. The lowest BCUT2D eigenvalue weighted by molar-refractivity contribution is 0.581. The summed E-state index contributed by atoms with van der Waals surface area (Å²) < 4.78 is 14.2. The zero-order chi connectivity index (χ0) is 14.5. The van der Waals surface area contributed by atoms with Crippen LogP contribution in [0.2, 0.25) is 0 Å². The first kappa shape index (κ1) is 15.6. The summed E-state index contributed by atoms with van der Waals surface area (Å²) in [7, 11) is 2.08. The van der Waals surface area contributed by atoms with Gasteiger partial charge in [0.1, 0.15) is 5.82 Å². The Morgan fingerprint density at radius 3 is 2.80 bits per heavy atom. The van der Waals surface area contributed by atoms with Crippen molar-refractivity contribution in [2.75, 3.05) is 24.0 Å². The molecular weight excluding hydrogens is 271 g/mol. The fourth-order valence-electron chi connectivity index (χ4n) is 2.48. The predicted octanol–water partition coefficient (Wildman–Crippen LogP) is 3.66. The molecule has 1 saturated carbocycles. The van der Waals surface area contributed by atoms with Gasteiger partial charge in [-0.2, -0.15) is 11.8 Å². The summed E-state index contributed by atoms with van der Waals surface area (Å²) in [6.07, 6.45) is 5.65. The highest BCUT2D eigenvalue weighted by molar-refractivity contribution is 7.98. The van der Waals surface area contributed by atoms with E-state index in [-0.39, 0.29) is 5.82 Å². The molecule has 0 radical (unpaired) electrons. The summed E-state index contributed by atoms with van der Waals surface area (Å²) in [5.41, 5.74) is 1.83. The lowest BCUT2D eigenvalue weighted by Gasteiger charge is -2.31. The van der Waals surface area contributed by atoms with E-state index in [1.54, 1.807) is 6.07 Å². The van der Waals surface area contributed by atoms with Crippen LogP contribution in [0.5, 0.6) is 0 Å². The molecule has 0 bridgehead atoms. The Hall–Kier alpha value is -0.740. The highest BCUT2D eigenvalue weighted by Gasteiger charge is 2.23. The number of nitrogens with one attached hydrogen (secondary N) is 1. The van der Waals surface area contributed by atoms with Crippen LogP contribution in [0.4, 0.5) is 10.1 Å². The summed E-state index contributed by atoms with van der Waals surface area (Å²) >= 11 is 1.84. The first-order valence-electron chi connectivity index (χ1n) is 7.39. The summed E-state index contributed by atoms with van der Waals surface area (Å²) in [4.78, 5) is 2.24. The second-order valence-corrected chi connectivity index (χ2v) is 6.43. The van der Waals surface area contributed by atoms with Crippen molar-refractivity contribution < 1.29 is 4.39 Å². The molecule has 0 heterocycles. The SMILES string of the molecule is CCC(CSC)N(C)c1cccc(F)c1CNC1CC1. The van der Waals surface area contributed by atoms with E-state index in [1.165, 1.54) is 12.8 Å². The third kappa shape index (κ3) is 3.89. The van der Waals surface area contributed by atoms with Crippen molar-refractivity contribution in [1.29, 1.82) is 0 Å². The number of nitrogens with zero attached hydrogens (tertiary/aromatic N) is 1. The van der Waals surface area contributed by atoms with Crippen LogP contribution in [0.15, 0.2) is 18.2 Å². The number of rotatable bonds is 8. The predicted molar refractivity (Wildman–Crippen MR) is 87.1 cm³/mol. The standard InChI is InChI=1S/C16H25FN2S/c1-4-13(11-20-3)19(2)16-7-5-6-15(17)14(16)10-18-12-8-9-12/h5-7,12-13,18H,4,8-11H2,1-3H3. The number of halogens is 1. The van der Waals surface area contributed by atoms with Gasteiger partial charge in [0.25, 0.3) is 0 Å². The van der Waals surface area contributed by atoms with Gasteiger partial charge < -0.3 is 10.2 Å². The fraction of sp³-hybridized carbons (Fsp3) is 0.625. The molecule has 2 nitrogen and oxygen atoms in total. The van der Waals surface area contributed by atoms with Gasteiger partial charge in [0, 0.05) is 42.7 Å². The minimum atomic E-state index is -0.0958. The fourth-order valence-corrected chi connectivity index (χ4v) is 3.32. The Kier molecular flexibility index (Phi) is 5.73. The lowest BCUT2D eigenvalue weighted by Crippen LogP contribution is -2.34. The first-order valence-corrected chi connectivity index (χ1v) is 8.79. The van der Waals surface area contributed by atoms with Crippen molar-refractivity contribution in [2.24, 2.45) is 0 Å². The van der Waals surface area contributed by atoms with Crippen LogP contribution in [0, 0.1) is 5.82 Å². The average Bonchev–Trinajstić information content (AvgIpc) is 3.26. The summed E-state index contributed by atoms with van der Waals surface area (Å²) in [6, 6.07) is 6.47. The molecule has 1 aromatic carbocycles. The van der Waals surface area contributed by atoms with Gasteiger partial charge in [0.05, 0.1) is 0 Å². The van der Waals surface area contributed by atoms with Crippen LogP contribution in [0.25, 0.3) is 0 Å². The van der Waals surface area contributed by atoms with Crippen molar-refractivity contribution in [3.63, 3.8) is 0 Å². The molecule has 2 rings (SSSR count). The minimum Gasteiger partial charge on any atom is -0.370 e. The number of anilines is 1. The molecular formula is C16H25FN2S. The van der Waals surface area contributed by atoms with Gasteiger partial charge in [0.15, 0.2) is 0 Å². The van der Waals surface area contributed by atoms with E-state index in [4.69, 9.17) is 0 Å². The monoisotopic (exact) mass is 296 g/mol. The van der Waals surface area contributed by atoms with Crippen LogP contribution in [0.1, 0.15) is 31.7 Å². The Morgan fingerprint density at radius 2 is 2.20 bits per heavy atom. The largest absolute Gasteiger partial charge is 0.370 e. The zero-order valence-electron chi connectivity index (χ0n) is 12.7. The van der Waals surface area contributed by atoms with Crippen LogP contribution < -0.4 is 10.2 Å². The van der Waals surface area contributed by atoms with Crippen molar-refractivity contribution >= 4 is 17.4 Å². The second-order valence-electron chi connectivity index (χ2n) is 5.52. The number of thioether (sulfide) groups is 1. The minimum absolute atomic E-state index is 0.0958. The van der Waals surface area contributed by atoms with E-state index in [1.807, 2.05) is 23.9 Å². The molecule has 1 atom stereocenters. The lowest BCUT2D eigenvalue weighted by atomic mass is 10.1. The molecule has 1 aliphatic rings. The third-order valence-corrected chi connectivity index (χ3v) is 4.72. The molecule has 20 heavy (non-hydrogen) atoms. The van der Waals surface area contributed by atoms with E-state index in [0.29, 0.717) is 18.6 Å². The maximum atomic E-state index is 14.2. The van der Waals surface area contributed by atoms with E-state index in [0.717, 1.165) is 23.4 Å². The maximum Gasteiger partial charge on any atom is 0.129 e. The molecule has 0 saturated heterocycles.